The zero-order valence-electron chi connectivity index (χ0n) is 22.6. The molecule has 0 N–H and O–H groups in total. The summed E-state index contributed by atoms with van der Waals surface area (Å²) >= 11 is 0. The molecule has 0 fully saturated rings. The van der Waals surface area contributed by atoms with Gasteiger partial charge in [-0.15, -0.1) is 0 Å². The molecule has 0 aliphatic rings. The van der Waals surface area contributed by atoms with Gasteiger partial charge in [0, 0.05) is 0 Å². The van der Waals surface area contributed by atoms with Gasteiger partial charge in [0.15, 0.2) is 32.7 Å². The second-order valence-electron chi connectivity index (χ2n) is 9.59. The molecule has 0 rings (SSSR count). The zero-order chi connectivity index (χ0) is 27.7. The fourth-order valence-corrected chi connectivity index (χ4v) is 3.53. The lowest BCUT2D eigenvalue weighted by Crippen LogP contribution is -2.46. The molecule has 0 heterocycles. The molecule has 0 spiro atoms. The maximum atomic E-state index is 12.4. The standard InChI is InChI=1S/C23H40O11Si/c1-12-29-18(24)13(2)30-19(25)14(3)31-20(26)15(4)32-21(27)16(5)33-22(28)17(6)34-35(10,11)23(7,8)9/h13-17H,12H2,1-11H3/t13-,14-,15-,16-,17+/m0/s1. The van der Waals surface area contributed by atoms with Crippen LogP contribution in [-0.2, 0) is 52.1 Å². The maximum absolute atomic E-state index is 12.4. The molecule has 12 heteroatoms. The van der Waals surface area contributed by atoms with E-state index in [-0.39, 0.29) is 11.6 Å². The van der Waals surface area contributed by atoms with E-state index < -0.39 is 68.7 Å². The van der Waals surface area contributed by atoms with Gasteiger partial charge in [-0.1, -0.05) is 20.8 Å². The average molecular weight is 521 g/mol. The number of carbonyl (C=O) groups is 5. The fraction of sp³-hybridized carbons (Fsp3) is 0.783. The minimum Gasteiger partial charge on any atom is -0.463 e. The van der Waals surface area contributed by atoms with Crippen molar-refractivity contribution in [2.75, 3.05) is 6.61 Å². The molecule has 202 valence electrons. The van der Waals surface area contributed by atoms with Crippen LogP contribution in [0.25, 0.3) is 0 Å². The summed E-state index contributed by atoms with van der Waals surface area (Å²) in [5.74, 6) is -4.46. The van der Waals surface area contributed by atoms with Crippen LogP contribution in [0.1, 0.15) is 62.3 Å². The summed E-state index contributed by atoms with van der Waals surface area (Å²) in [6.07, 6.45) is -6.16. The van der Waals surface area contributed by atoms with E-state index in [1.165, 1.54) is 27.7 Å². The van der Waals surface area contributed by atoms with Crippen molar-refractivity contribution in [1.29, 1.82) is 0 Å². The zero-order valence-corrected chi connectivity index (χ0v) is 23.6. The third kappa shape index (κ3) is 10.8. The SMILES string of the molecule is CCOC(=O)[C@H](C)OC(=O)[C@H](C)OC(=O)[C@H](C)OC(=O)[C@H](C)OC(=O)[C@@H](C)O[Si](C)(C)C(C)(C)C. The minimum absolute atomic E-state index is 0.116. The first-order valence-electron chi connectivity index (χ1n) is 11.5. The van der Waals surface area contributed by atoms with E-state index in [1.807, 2.05) is 33.9 Å². The average Bonchev–Trinajstić information content (AvgIpc) is 2.72. The molecule has 11 nitrogen and oxygen atoms in total. The molecule has 0 saturated carbocycles. The summed E-state index contributed by atoms with van der Waals surface area (Å²) in [6.45, 7) is 18.4. The van der Waals surface area contributed by atoms with Crippen molar-refractivity contribution in [1.82, 2.24) is 0 Å². The highest BCUT2D eigenvalue weighted by molar-refractivity contribution is 6.74. The molecular formula is C23H40O11Si. The summed E-state index contributed by atoms with van der Waals surface area (Å²) in [5.41, 5.74) is 0. The van der Waals surface area contributed by atoms with Crippen molar-refractivity contribution in [2.45, 2.75) is 111 Å². The van der Waals surface area contributed by atoms with Gasteiger partial charge < -0.3 is 28.1 Å². The molecule has 0 saturated heterocycles. The Bertz CT molecular complexity index is 772. The monoisotopic (exact) mass is 520 g/mol. The van der Waals surface area contributed by atoms with Gasteiger partial charge in [-0.25, -0.2) is 24.0 Å². The fourth-order valence-electron chi connectivity index (χ4n) is 2.20. The summed E-state index contributed by atoms with van der Waals surface area (Å²) < 4.78 is 30.6. The summed E-state index contributed by atoms with van der Waals surface area (Å²) in [6, 6.07) is 0. The van der Waals surface area contributed by atoms with Crippen LogP contribution in [0.3, 0.4) is 0 Å². The summed E-state index contributed by atoms with van der Waals surface area (Å²) in [4.78, 5) is 60.4. The van der Waals surface area contributed by atoms with Crippen molar-refractivity contribution in [3.63, 3.8) is 0 Å². The Hall–Kier alpha value is -2.47. The third-order valence-corrected chi connectivity index (χ3v) is 9.95. The summed E-state index contributed by atoms with van der Waals surface area (Å²) in [5, 5.41) is -0.123. The van der Waals surface area contributed by atoms with Crippen LogP contribution in [0.5, 0.6) is 0 Å². The van der Waals surface area contributed by atoms with Gasteiger partial charge in [-0.05, 0) is 59.7 Å². The predicted octanol–water partition coefficient (Wildman–Crippen LogP) is 2.69. The van der Waals surface area contributed by atoms with E-state index >= 15 is 0 Å². The number of hydrogen-bond acceptors (Lipinski definition) is 11. The normalized spacial score (nSPS) is 16.1. The van der Waals surface area contributed by atoms with Crippen LogP contribution < -0.4 is 0 Å². The van der Waals surface area contributed by atoms with Gasteiger partial charge in [0.05, 0.1) is 6.61 Å². The van der Waals surface area contributed by atoms with Crippen LogP contribution in [-0.4, -0.2) is 75.3 Å². The van der Waals surface area contributed by atoms with Crippen molar-refractivity contribution in [2.24, 2.45) is 0 Å². The number of hydrogen-bond donors (Lipinski definition) is 0. The molecule has 0 unspecified atom stereocenters. The first-order chi connectivity index (χ1) is 15.8. The van der Waals surface area contributed by atoms with Gasteiger partial charge in [-0.3, -0.25) is 0 Å². The van der Waals surface area contributed by atoms with Crippen LogP contribution >= 0.6 is 0 Å². The van der Waals surface area contributed by atoms with Crippen molar-refractivity contribution < 1.29 is 52.1 Å². The van der Waals surface area contributed by atoms with Crippen LogP contribution in [0, 0.1) is 0 Å². The number of carbonyl (C=O) groups excluding carboxylic acids is 5. The van der Waals surface area contributed by atoms with E-state index in [2.05, 4.69) is 0 Å². The Kier molecular flexibility index (Phi) is 12.6. The lowest BCUT2D eigenvalue weighted by Gasteiger charge is -2.37. The molecule has 0 aliphatic carbocycles. The molecule has 0 aromatic heterocycles. The number of rotatable bonds is 12. The van der Waals surface area contributed by atoms with Crippen LogP contribution in [0.4, 0.5) is 0 Å². The van der Waals surface area contributed by atoms with Crippen molar-refractivity contribution in [3.8, 4) is 0 Å². The van der Waals surface area contributed by atoms with Crippen molar-refractivity contribution >= 4 is 38.2 Å². The highest BCUT2D eigenvalue weighted by Crippen LogP contribution is 2.37. The molecule has 35 heavy (non-hydrogen) atoms. The number of esters is 5. The molecule has 0 bridgehead atoms. The smallest absolute Gasteiger partial charge is 0.347 e. The second-order valence-corrected chi connectivity index (χ2v) is 14.3. The summed E-state index contributed by atoms with van der Waals surface area (Å²) in [7, 11) is -2.24. The lowest BCUT2D eigenvalue weighted by molar-refractivity contribution is -0.185. The van der Waals surface area contributed by atoms with Gasteiger partial charge in [0.25, 0.3) is 0 Å². The molecule has 0 aromatic rings. The van der Waals surface area contributed by atoms with Gasteiger partial charge in [0.1, 0.15) is 6.10 Å². The Morgan fingerprint density at radius 2 is 0.886 bits per heavy atom. The molecule has 5 atom stereocenters. The van der Waals surface area contributed by atoms with Gasteiger partial charge in [0.2, 0.25) is 0 Å². The van der Waals surface area contributed by atoms with E-state index in [0.717, 1.165) is 0 Å². The van der Waals surface area contributed by atoms with Crippen LogP contribution in [0.15, 0.2) is 0 Å². The second kappa shape index (κ2) is 13.6. The lowest BCUT2D eigenvalue weighted by atomic mass is 10.2. The minimum atomic E-state index is -2.24. The number of ether oxygens (including phenoxy) is 5. The molecule has 0 radical (unpaired) electrons. The van der Waals surface area contributed by atoms with E-state index in [0.29, 0.717) is 0 Å². The third-order valence-electron chi connectivity index (χ3n) is 5.40. The molecule has 0 aliphatic heterocycles. The van der Waals surface area contributed by atoms with Crippen LogP contribution in [0.2, 0.25) is 18.1 Å². The van der Waals surface area contributed by atoms with Gasteiger partial charge in [-0.2, -0.15) is 0 Å². The Labute approximate surface area is 208 Å². The Morgan fingerprint density at radius 1 is 0.600 bits per heavy atom. The van der Waals surface area contributed by atoms with E-state index in [1.54, 1.807) is 13.8 Å². The predicted molar refractivity (Wildman–Crippen MR) is 127 cm³/mol. The quantitative estimate of drug-likeness (QED) is 0.213. The highest BCUT2D eigenvalue weighted by atomic mass is 28.4. The molecule has 0 aromatic carbocycles. The van der Waals surface area contributed by atoms with Gasteiger partial charge >= 0.3 is 29.8 Å². The maximum Gasteiger partial charge on any atom is 0.347 e. The first-order valence-corrected chi connectivity index (χ1v) is 14.4. The Balaban J connectivity index is 4.76. The largest absolute Gasteiger partial charge is 0.463 e. The topological polar surface area (TPSA) is 141 Å². The Morgan fingerprint density at radius 3 is 1.17 bits per heavy atom. The highest BCUT2D eigenvalue weighted by Gasteiger charge is 2.40. The van der Waals surface area contributed by atoms with E-state index in [9.17, 15) is 24.0 Å². The molecule has 0 amide bonds. The molecular weight excluding hydrogens is 480 g/mol. The van der Waals surface area contributed by atoms with E-state index in [4.69, 9.17) is 28.1 Å². The first kappa shape index (κ1) is 32.5. The van der Waals surface area contributed by atoms with Crippen molar-refractivity contribution in [3.05, 3.63) is 0 Å².